The molecule has 0 fully saturated rings. The fourth-order valence-corrected chi connectivity index (χ4v) is 10.8. The van der Waals surface area contributed by atoms with Crippen molar-refractivity contribution < 1.29 is 0 Å². The summed E-state index contributed by atoms with van der Waals surface area (Å²) in [6.07, 6.45) is 8.57. The minimum absolute atomic E-state index is 0.936. The van der Waals surface area contributed by atoms with E-state index in [1.807, 2.05) is 0 Å². The Balaban J connectivity index is 1.68. The van der Waals surface area contributed by atoms with Crippen LogP contribution < -0.4 is 20.7 Å². The first-order chi connectivity index (χ1) is 20.3. The quantitative estimate of drug-likeness (QED) is 0.0926. The second kappa shape index (κ2) is 11.9. The van der Waals surface area contributed by atoms with Gasteiger partial charge in [-0.15, -0.1) is 6.42 Å². The highest BCUT2D eigenvalue weighted by molar-refractivity contribution is 7.20. The van der Waals surface area contributed by atoms with Gasteiger partial charge in [0, 0.05) is 5.56 Å². The molecule has 0 saturated heterocycles. The van der Waals surface area contributed by atoms with E-state index in [4.69, 9.17) is 6.42 Å². The maximum absolute atomic E-state index is 6.27. The van der Waals surface area contributed by atoms with E-state index in [0.717, 1.165) is 11.1 Å². The first kappa shape index (κ1) is 26.1. The van der Waals surface area contributed by atoms with E-state index in [-0.39, 0.29) is 0 Å². The fourth-order valence-electron chi connectivity index (χ4n) is 5.85. The normalized spacial score (nSPS) is 10.9. The van der Waals surface area contributed by atoms with Gasteiger partial charge in [-0.1, -0.05) is 170 Å². The third-order valence-corrected chi connectivity index (χ3v) is 12.5. The summed E-state index contributed by atoms with van der Waals surface area (Å²) in [6, 6.07) is 60.6. The Morgan fingerprint density at radius 1 is 0.488 bits per heavy atom. The Morgan fingerprint density at radius 2 is 0.878 bits per heavy atom. The van der Waals surface area contributed by atoms with Crippen molar-refractivity contribution in [3.63, 3.8) is 0 Å². The monoisotopic (exact) mass is 538 g/mol. The zero-order valence-electron chi connectivity index (χ0n) is 22.8. The van der Waals surface area contributed by atoms with Crippen LogP contribution in [0.3, 0.4) is 0 Å². The molecule has 0 N–H and O–H groups in total. The van der Waals surface area contributed by atoms with E-state index in [2.05, 4.69) is 182 Å². The highest BCUT2D eigenvalue weighted by Crippen LogP contribution is 2.26. The summed E-state index contributed by atoms with van der Waals surface area (Å²) in [6.45, 7) is 0. The highest BCUT2D eigenvalue weighted by atomic mass is 28.3. The summed E-state index contributed by atoms with van der Waals surface area (Å²) in [4.78, 5) is 0. The first-order valence-electron chi connectivity index (χ1n) is 13.9. The van der Waals surface area contributed by atoms with Crippen LogP contribution in [0.1, 0.15) is 22.3 Å². The Morgan fingerprint density at radius 3 is 1.27 bits per heavy atom. The van der Waals surface area contributed by atoms with E-state index in [1.54, 1.807) is 0 Å². The van der Waals surface area contributed by atoms with Gasteiger partial charge in [-0.3, -0.25) is 0 Å². The van der Waals surface area contributed by atoms with Gasteiger partial charge in [0.15, 0.2) is 8.07 Å². The topological polar surface area (TPSA) is 0 Å². The van der Waals surface area contributed by atoms with Crippen molar-refractivity contribution in [2.24, 2.45) is 0 Å². The van der Waals surface area contributed by atoms with Crippen LogP contribution in [0.4, 0.5) is 0 Å². The molecule has 0 aliphatic carbocycles. The van der Waals surface area contributed by atoms with Gasteiger partial charge in [-0.25, -0.2) is 0 Å². The van der Waals surface area contributed by atoms with Crippen molar-refractivity contribution in [2.45, 2.75) is 0 Å². The Labute approximate surface area is 244 Å². The molecular weight excluding hydrogens is 509 g/mol. The molecule has 6 aromatic rings. The summed E-state index contributed by atoms with van der Waals surface area (Å²) in [5, 5.41) is 5.14. The summed E-state index contributed by atoms with van der Waals surface area (Å²) in [5.41, 5.74) is 5.60. The average molecular weight is 539 g/mol. The van der Waals surface area contributed by atoms with E-state index in [1.165, 1.54) is 37.4 Å². The van der Waals surface area contributed by atoms with Crippen LogP contribution in [-0.4, -0.2) is 8.07 Å². The van der Waals surface area contributed by atoms with Crippen LogP contribution in [0, 0.1) is 12.3 Å². The molecule has 0 spiro atoms. The lowest BCUT2D eigenvalue weighted by molar-refractivity contribution is 1.55. The van der Waals surface area contributed by atoms with Crippen molar-refractivity contribution in [2.75, 3.05) is 0 Å². The van der Waals surface area contributed by atoms with E-state index in [0.29, 0.717) is 0 Å². The predicted molar refractivity (Wildman–Crippen MR) is 178 cm³/mol. The molecule has 0 unspecified atom stereocenters. The second-order valence-electron chi connectivity index (χ2n) is 10.1. The molecule has 41 heavy (non-hydrogen) atoms. The Hall–Kier alpha value is -5.16. The lowest BCUT2D eigenvalue weighted by Gasteiger charge is -2.35. The smallest absolute Gasteiger partial charge is 0.115 e. The molecule has 0 heterocycles. The number of rotatable bonds is 7. The number of hydrogen-bond donors (Lipinski definition) is 0. The molecule has 0 bridgehead atoms. The third kappa shape index (κ3) is 5.10. The van der Waals surface area contributed by atoms with Crippen LogP contribution in [-0.2, 0) is 0 Å². The van der Waals surface area contributed by atoms with Gasteiger partial charge in [0.25, 0.3) is 0 Å². The molecule has 194 valence electrons. The lowest BCUT2D eigenvalue weighted by atomic mass is 9.95. The standard InChI is InChI=1S/C40H30Si/c1-2-33-29-28-32(30-39(34-18-8-3-9-19-34)35-20-10-4-11-21-35)31-40(33)41(36-22-12-5-13-23-36,37-24-14-6-15-25-37)38-26-16-7-17-27-38/h1,3-31H. The lowest BCUT2D eigenvalue weighted by Crippen LogP contribution is -2.75. The summed E-state index contributed by atoms with van der Waals surface area (Å²) in [7, 11) is -2.78. The van der Waals surface area contributed by atoms with Gasteiger partial charge in [0.2, 0.25) is 0 Å². The molecule has 0 saturated carbocycles. The van der Waals surface area contributed by atoms with Crippen molar-refractivity contribution in [1.82, 2.24) is 0 Å². The largest absolute Gasteiger partial charge is 0.180 e. The van der Waals surface area contributed by atoms with Crippen molar-refractivity contribution in [1.29, 1.82) is 0 Å². The highest BCUT2D eigenvalue weighted by Gasteiger charge is 2.42. The van der Waals surface area contributed by atoms with E-state index in [9.17, 15) is 0 Å². The van der Waals surface area contributed by atoms with Crippen LogP contribution in [0.25, 0.3) is 11.6 Å². The van der Waals surface area contributed by atoms with Crippen molar-refractivity contribution in [3.05, 3.63) is 192 Å². The fraction of sp³-hybridized carbons (Fsp3) is 0. The number of terminal acetylenes is 1. The summed E-state index contributed by atoms with van der Waals surface area (Å²) < 4.78 is 0. The molecule has 0 amide bonds. The zero-order chi connectivity index (χ0) is 27.9. The molecule has 0 aromatic heterocycles. The molecule has 0 atom stereocenters. The maximum atomic E-state index is 6.27. The van der Waals surface area contributed by atoms with E-state index < -0.39 is 8.07 Å². The molecule has 6 rings (SSSR count). The Bertz CT molecular complexity index is 1660. The molecule has 0 radical (unpaired) electrons. The molecule has 0 nitrogen and oxygen atoms in total. The van der Waals surface area contributed by atoms with Gasteiger partial charge in [-0.2, -0.15) is 0 Å². The van der Waals surface area contributed by atoms with Crippen molar-refractivity contribution in [3.8, 4) is 12.3 Å². The van der Waals surface area contributed by atoms with Gasteiger partial charge >= 0.3 is 0 Å². The number of hydrogen-bond acceptors (Lipinski definition) is 0. The average Bonchev–Trinajstić information content (AvgIpc) is 3.06. The maximum Gasteiger partial charge on any atom is 0.180 e. The molecule has 6 aromatic carbocycles. The molecular formula is C40H30Si. The van der Waals surface area contributed by atoms with Crippen LogP contribution in [0.2, 0.25) is 0 Å². The Kier molecular flexibility index (Phi) is 7.58. The summed E-state index contributed by atoms with van der Waals surface area (Å²) in [5.74, 6) is 3.07. The molecule has 0 aliphatic heterocycles. The van der Waals surface area contributed by atoms with Gasteiger partial charge in [0.05, 0.1) is 0 Å². The zero-order valence-corrected chi connectivity index (χ0v) is 23.8. The van der Waals surface area contributed by atoms with Crippen LogP contribution in [0.5, 0.6) is 0 Å². The van der Waals surface area contributed by atoms with Crippen molar-refractivity contribution >= 4 is 40.5 Å². The number of benzene rings is 6. The minimum Gasteiger partial charge on any atom is -0.115 e. The first-order valence-corrected chi connectivity index (χ1v) is 15.9. The van der Waals surface area contributed by atoms with Crippen LogP contribution in [0.15, 0.2) is 170 Å². The van der Waals surface area contributed by atoms with Crippen LogP contribution >= 0.6 is 0 Å². The van der Waals surface area contributed by atoms with E-state index >= 15 is 0 Å². The van der Waals surface area contributed by atoms with Gasteiger partial charge in [0.1, 0.15) is 0 Å². The van der Waals surface area contributed by atoms with Gasteiger partial charge < -0.3 is 0 Å². The molecule has 1 heteroatoms. The minimum atomic E-state index is -2.78. The predicted octanol–water partition coefficient (Wildman–Crippen LogP) is 6.63. The third-order valence-electron chi connectivity index (χ3n) is 7.70. The van der Waals surface area contributed by atoms with Gasteiger partial charge in [-0.05, 0) is 55.2 Å². The second-order valence-corrected chi connectivity index (χ2v) is 13.9. The summed E-state index contributed by atoms with van der Waals surface area (Å²) >= 11 is 0. The SMILES string of the molecule is C#Cc1ccc(C=C(c2ccccc2)c2ccccc2)cc1[Si](c1ccccc1)(c1ccccc1)c1ccccc1. The molecule has 0 aliphatic rings.